The summed E-state index contributed by atoms with van der Waals surface area (Å²) in [5, 5.41) is 15.0. The molecular weight excluding hydrogens is 516 g/mol. The Labute approximate surface area is 218 Å². The predicted molar refractivity (Wildman–Crippen MR) is 155 cm³/mol. The fraction of sp³-hybridized carbons (Fsp3) is 0.0909. The summed E-state index contributed by atoms with van der Waals surface area (Å²) in [7, 11) is 0. The Kier molecular flexibility index (Phi) is 5.58. The van der Waals surface area contributed by atoms with Gasteiger partial charge in [0.15, 0.2) is 0 Å². The molecule has 0 unspecified atom stereocenters. The second kappa shape index (κ2) is 8.83. The first-order valence-corrected chi connectivity index (χ1v) is 19.7. The first kappa shape index (κ1) is 23.4. The van der Waals surface area contributed by atoms with Gasteiger partial charge >= 0.3 is 155 Å². The predicted octanol–water partition coefficient (Wildman–Crippen LogP) is 8.43. The van der Waals surface area contributed by atoms with Crippen LogP contribution in [0.4, 0.5) is 4.39 Å². The van der Waals surface area contributed by atoms with Crippen molar-refractivity contribution in [2.24, 2.45) is 0 Å². The molecule has 0 radical (unpaired) electrons. The Morgan fingerprint density at radius 1 is 0.703 bits per heavy atom. The van der Waals surface area contributed by atoms with E-state index in [1.54, 1.807) is 6.20 Å². The number of fused-ring (bicyclic) bond motifs is 4. The van der Waals surface area contributed by atoms with E-state index in [1.165, 1.54) is 4.40 Å². The number of hydrogen-bond donors (Lipinski definition) is 0. The topological polar surface area (TPSA) is 36.7 Å². The Bertz CT molecular complexity index is 1880. The first-order valence-electron chi connectivity index (χ1n) is 12.4. The SMILES string of the molecule is [CH3][Ge]([CH3])([CH3])[c]1ccc(-c2ccc3c(ccc4c(-c5cc(C#N)c6ccccc6c5)nccc43)c2F)cc1. The zero-order valence-electron chi connectivity index (χ0n) is 21.0. The van der Waals surface area contributed by atoms with Crippen LogP contribution >= 0.6 is 0 Å². The molecule has 37 heavy (non-hydrogen) atoms. The summed E-state index contributed by atoms with van der Waals surface area (Å²) >= 11 is -1.93. The maximum absolute atomic E-state index is 15.9. The minimum atomic E-state index is -1.93. The van der Waals surface area contributed by atoms with E-state index in [0.29, 0.717) is 16.5 Å². The van der Waals surface area contributed by atoms with E-state index in [4.69, 9.17) is 0 Å². The van der Waals surface area contributed by atoms with E-state index >= 15 is 4.39 Å². The van der Waals surface area contributed by atoms with Gasteiger partial charge < -0.3 is 0 Å². The van der Waals surface area contributed by atoms with Gasteiger partial charge in [0.25, 0.3) is 0 Å². The number of nitrogens with zero attached hydrogens (tertiary/aromatic N) is 2. The molecule has 1 heterocycles. The van der Waals surface area contributed by atoms with Gasteiger partial charge in [0.2, 0.25) is 0 Å². The van der Waals surface area contributed by atoms with Crippen LogP contribution in [0, 0.1) is 17.1 Å². The molecule has 5 aromatic carbocycles. The number of pyridine rings is 1. The van der Waals surface area contributed by atoms with Crippen molar-refractivity contribution in [1.82, 2.24) is 4.98 Å². The van der Waals surface area contributed by atoms with Gasteiger partial charge in [0.1, 0.15) is 0 Å². The third kappa shape index (κ3) is 3.98. The van der Waals surface area contributed by atoms with Crippen LogP contribution in [0.15, 0.2) is 97.2 Å². The molecule has 0 fully saturated rings. The van der Waals surface area contributed by atoms with Gasteiger partial charge in [0, 0.05) is 0 Å². The Hall–Kier alpha value is -4.01. The number of rotatable bonds is 3. The zero-order chi connectivity index (χ0) is 25.7. The van der Waals surface area contributed by atoms with Gasteiger partial charge in [-0.1, -0.05) is 24.3 Å². The number of hydrogen-bond acceptors (Lipinski definition) is 2. The van der Waals surface area contributed by atoms with E-state index in [0.717, 1.165) is 43.8 Å². The maximum atomic E-state index is 15.9. The van der Waals surface area contributed by atoms with Crippen LogP contribution in [0.2, 0.25) is 17.3 Å². The van der Waals surface area contributed by atoms with Crippen LogP contribution in [0.3, 0.4) is 0 Å². The molecule has 0 saturated heterocycles. The molecule has 0 N–H and O–H groups in total. The van der Waals surface area contributed by atoms with Gasteiger partial charge in [-0.05, 0) is 22.9 Å². The molecule has 0 spiro atoms. The van der Waals surface area contributed by atoms with E-state index in [2.05, 4.69) is 46.5 Å². The number of benzene rings is 5. The summed E-state index contributed by atoms with van der Waals surface area (Å²) in [6.07, 6.45) is 1.76. The van der Waals surface area contributed by atoms with Crippen LogP contribution < -0.4 is 4.40 Å². The van der Waals surface area contributed by atoms with Crippen molar-refractivity contribution in [2.45, 2.75) is 17.3 Å². The normalized spacial score (nSPS) is 11.8. The van der Waals surface area contributed by atoms with Crippen LogP contribution in [0.25, 0.3) is 54.7 Å². The molecule has 0 atom stereocenters. The summed E-state index contributed by atoms with van der Waals surface area (Å²) in [6, 6.07) is 32.2. The van der Waals surface area contributed by atoms with Crippen molar-refractivity contribution >= 4 is 50.0 Å². The fourth-order valence-corrected chi connectivity index (χ4v) is 7.62. The molecule has 2 nitrogen and oxygen atoms in total. The van der Waals surface area contributed by atoms with Crippen LogP contribution in [-0.2, 0) is 0 Å². The summed E-state index contributed by atoms with van der Waals surface area (Å²) in [4.78, 5) is 4.68. The molecule has 0 aliphatic carbocycles. The number of aromatic nitrogens is 1. The second-order valence-corrected chi connectivity index (χ2v) is 21.2. The van der Waals surface area contributed by atoms with Gasteiger partial charge in [-0.2, -0.15) is 5.26 Å². The molecule has 0 saturated carbocycles. The summed E-state index contributed by atoms with van der Waals surface area (Å²) in [5.41, 5.74) is 3.79. The molecule has 1 aromatic heterocycles. The fourth-order valence-electron chi connectivity index (χ4n) is 5.18. The van der Waals surface area contributed by atoms with Gasteiger partial charge in [-0.15, -0.1) is 0 Å². The van der Waals surface area contributed by atoms with E-state index in [9.17, 15) is 5.26 Å². The van der Waals surface area contributed by atoms with Crippen molar-refractivity contribution in [3.8, 4) is 28.5 Å². The second-order valence-electron chi connectivity index (χ2n) is 10.5. The van der Waals surface area contributed by atoms with Crippen LogP contribution in [-0.4, -0.2) is 18.3 Å². The third-order valence-electron chi connectivity index (χ3n) is 7.19. The average molecular weight is 541 g/mol. The summed E-state index contributed by atoms with van der Waals surface area (Å²) in [6.45, 7) is 0. The molecule has 0 aliphatic rings. The van der Waals surface area contributed by atoms with E-state index in [-0.39, 0.29) is 5.82 Å². The monoisotopic (exact) mass is 542 g/mol. The molecule has 6 aromatic rings. The van der Waals surface area contributed by atoms with Crippen molar-refractivity contribution < 1.29 is 4.39 Å². The molecule has 0 amide bonds. The van der Waals surface area contributed by atoms with Crippen LogP contribution in [0.1, 0.15) is 5.56 Å². The first-order chi connectivity index (χ1) is 17.8. The van der Waals surface area contributed by atoms with Crippen molar-refractivity contribution in [3.05, 3.63) is 109 Å². The summed E-state index contributed by atoms with van der Waals surface area (Å²) < 4.78 is 17.3. The number of nitriles is 1. The number of halogens is 1. The Balaban J connectivity index is 1.52. The molecule has 6 rings (SSSR count). The third-order valence-corrected chi connectivity index (χ3v) is 11.5. The van der Waals surface area contributed by atoms with E-state index < -0.39 is 13.3 Å². The molecular formula is C33H25FGeN2. The zero-order valence-corrected chi connectivity index (χ0v) is 23.1. The van der Waals surface area contributed by atoms with Crippen LogP contribution in [0.5, 0.6) is 0 Å². The molecule has 0 aliphatic heterocycles. The quantitative estimate of drug-likeness (QED) is 0.167. The van der Waals surface area contributed by atoms with Crippen molar-refractivity contribution in [3.63, 3.8) is 0 Å². The molecule has 0 bridgehead atoms. The summed E-state index contributed by atoms with van der Waals surface area (Å²) in [5.74, 6) is 6.87. The average Bonchev–Trinajstić information content (AvgIpc) is 2.91. The van der Waals surface area contributed by atoms with Crippen molar-refractivity contribution in [1.29, 1.82) is 5.26 Å². The minimum absolute atomic E-state index is 0.208. The molecule has 4 heteroatoms. The van der Waals surface area contributed by atoms with Gasteiger partial charge in [-0.25, -0.2) is 0 Å². The Morgan fingerprint density at radius 2 is 1.41 bits per heavy atom. The van der Waals surface area contributed by atoms with Gasteiger partial charge in [-0.3, -0.25) is 0 Å². The Morgan fingerprint density at radius 3 is 2.16 bits per heavy atom. The van der Waals surface area contributed by atoms with Crippen molar-refractivity contribution in [2.75, 3.05) is 0 Å². The van der Waals surface area contributed by atoms with Gasteiger partial charge in [0.05, 0.1) is 11.6 Å². The van der Waals surface area contributed by atoms with E-state index in [1.807, 2.05) is 72.8 Å². The standard InChI is InChI=1S/C33H25FGeN2/c1-35(2,3)25-10-8-21(9-11-25)27-12-13-28-29-16-17-37-33(31(29)15-14-30(28)32(27)34)23-18-22-6-4-5-7-26(22)24(19-23)20-36/h4-19H,1-3H3. The molecule has 178 valence electrons.